The minimum atomic E-state index is -0.374. The lowest BCUT2D eigenvalue weighted by molar-refractivity contribution is -0.137. The highest BCUT2D eigenvalue weighted by molar-refractivity contribution is 7.80. The zero-order valence-corrected chi connectivity index (χ0v) is 10.9. The van der Waals surface area contributed by atoms with Crippen LogP contribution in [0.5, 0.6) is 0 Å². The SMILES string of the molecule is COC1CN(C(=O)C(C)C(N)=S)CCC1C. The summed E-state index contributed by atoms with van der Waals surface area (Å²) >= 11 is 4.84. The van der Waals surface area contributed by atoms with Gasteiger partial charge in [-0.1, -0.05) is 19.1 Å². The average Bonchev–Trinajstić information content (AvgIpc) is 2.27. The summed E-state index contributed by atoms with van der Waals surface area (Å²) in [7, 11) is 1.69. The van der Waals surface area contributed by atoms with Crippen LogP contribution in [0.25, 0.3) is 0 Å². The second-order valence-corrected chi connectivity index (χ2v) is 4.92. The van der Waals surface area contributed by atoms with Crippen LogP contribution in [0.1, 0.15) is 20.3 Å². The van der Waals surface area contributed by atoms with E-state index in [1.807, 2.05) is 0 Å². The van der Waals surface area contributed by atoms with Crippen molar-refractivity contribution < 1.29 is 9.53 Å². The van der Waals surface area contributed by atoms with Gasteiger partial charge in [-0.15, -0.1) is 0 Å². The van der Waals surface area contributed by atoms with E-state index in [9.17, 15) is 4.79 Å². The normalized spacial score (nSPS) is 27.6. The number of nitrogens with two attached hydrogens (primary N) is 1. The molecule has 0 bridgehead atoms. The second kappa shape index (κ2) is 5.59. The number of rotatable bonds is 3. The number of thiocarbonyl (C=S) groups is 1. The highest BCUT2D eigenvalue weighted by Gasteiger charge is 2.31. The summed E-state index contributed by atoms with van der Waals surface area (Å²) < 4.78 is 5.37. The summed E-state index contributed by atoms with van der Waals surface area (Å²) in [5, 5.41) is 0. The molecule has 4 nitrogen and oxygen atoms in total. The Hall–Kier alpha value is -0.680. The van der Waals surface area contributed by atoms with E-state index in [1.54, 1.807) is 18.9 Å². The van der Waals surface area contributed by atoms with Crippen molar-refractivity contribution in [3.8, 4) is 0 Å². The van der Waals surface area contributed by atoms with E-state index < -0.39 is 0 Å². The van der Waals surface area contributed by atoms with Crippen LogP contribution in [-0.2, 0) is 9.53 Å². The summed E-state index contributed by atoms with van der Waals surface area (Å²) in [5.41, 5.74) is 5.49. The van der Waals surface area contributed by atoms with Crippen molar-refractivity contribution in [1.82, 2.24) is 4.90 Å². The Morgan fingerprint density at radius 3 is 2.75 bits per heavy atom. The van der Waals surface area contributed by atoms with Gasteiger partial charge in [0, 0.05) is 20.2 Å². The molecule has 0 aromatic carbocycles. The van der Waals surface area contributed by atoms with E-state index in [1.165, 1.54) is 0 Å². The third kappa shape index (κ3) is 2.92. The molecule has 1 heterocycles. The molecular formula is C11H20N2O2S. The summed E-state index contributed by atoms with van der Waals surface area (Å²) in [6, 6.07) is 0. The molecule has 1 aliphatic heterocycles. The summed E-state index contributed by atoms with van der Waals surface area (Å²) in [6.45, 7) is 5.31. The molecule has 16 heavy (non-hydrogen) atoms. The minimum absolute atomic E-state index is 0.0152. The molecule has 1 saturated heterocycles. The Bertz CT molecular complexity index is 283. The molecule has 0 radical (unpaired) electrons. The van der Waals surface area contributed by atoms with Gasteiger partial charge in [0.1, 0.15) is 0 Å². The lowest BCUT2D eigenvalue weighted by Crippen LogP contribution is -2.49. The first-order valence-corrected chi connectivity index (χ1v) is 5.99. The van der Waals surface area contributed by atoms with Crippen molar-refractivity contribution in [2.45, 2.75) is 26.4 Å². The Labute approximate surface area is 102 Å². The number of ether oxygens (including phenoxy) is 1. The molecule has 5 heteroatoms. The molecule has 0 spiro atoms. The van der Waals surface area contributed by atoms with Crippen LogP contribution in [0, 0.1) is 11.8 Å². The fourth-order valence-electron chi connectivity index (χ4n) is 1.94. The van der Waals surface area contributed by atoms with Crippen molar-refractivity contribution in [3.63, 3.8) is 0 Å². The number of hydrogen-bond donors (Lipinski definition) is 1. The number of amides is 1. The van der Waals surface area contributed by atoms with Crippen molar-refractivity contribution >= 4 is 23.1 Å². The predicted octanol–water partition coefficient (Wildman–Crippen LogP) is 0.792. The van der Waals surface area contributed by atoms with E-state index in [0.717, 1.165) is 13.0 Å². The molecule has 1 rings (SSSR count). The first kappa shape index (κ1) is 13.4. The number of piperidine rings is 1. The van der Waals surface area contributed by atoms with Crippen molar-refractivity contribution in [3.05, 3.63) is 0 Å². The van der Waals surface area contributed by atoms with Gasteiger partial charge in [0.15, 0.2) is 0 Å². The van der Waals surface area contributed by atoms with Crippen molar-refractivity contribution in [1.29, 1.82) is 0 Å². The molecule has 0 saturated carbocycles. The molecule has 1 amide bonds. The van der Waals surface area contributed by atoms with E-state index in [2.05, 4.69) is 6.92 Å². The van der Waals surface area contributed by atoms with E-state index in [4.69, 9.17) is 22.7 Å². The molecule has 1 aliphatic rings. The zero-order valence-electron chi connectivity index (χ0n) is 10.1. The van der Waals surface area contributed by atoms with Gasteiger partial charge in [0.25, 0.3) is 0 Å². The summed E-state index contributed by atoms with van der Waals surface area (Å²) in [4.78, 5) is 14.1. The Morgan fingerprint density at radius 1 is 1.62 bits per heavy atom. The third-order valence-corrected chi connectivity index (χ3v) is 3.65. The molecule has 0 aliphatic carbocycles. The molecule has 3 atom stereocenters. The lowest BCUT2D eigenvalue weighted by atomic mass is 9.95. The number of carbonyl (C=O) groups is 1. The summed E-state index contributed by atoms with van der Waals surface area (Å²) in [6.07, 6.45) is 1.09. The van der Waals surface area contributed by atoms with Crippen molar-refractivity contribution in [2.75, 3.05) is 20.2 Å². The number of likely N-dealkylation sites (tertiary alicyclic amines) is 1. The maximum absolute atomic E-state index is 12.0. The number of methoxy groups -OCH3 is 1. The Kier molecular flexibility index (Phi) is 4.68. The first-order valence-electron chi connectivity index (χ1n) is 5.58. The first-order chi connectivity index (χ1) is 7.47. The van der Waals surface area contributed by atoms with Crippen LogP contribution >= 0.6 is 12.2 Å². The van der Waals surface area contributed by atoms with Crippen LogP contribution in [0.4, 0.5) is 0 Å². The summed E-state index contributed by atoms with van der Waals surface area (Å²) in [5.74, 6) is 0.136. The highest BCUT2D eigenvalue weighted by atomic mass is 32.1. The molecule has 0 aromatic rings. The number of carbonyl (C=O) groups excluding carboxylic acids is 1. The molecule has 1 fully saturated rings. The fraction of sp³-hybridized carbons (Fsp3) is 0.818. The molecule has 3 unspecified atom stereocenters. The third-order valence-electron chi connectivity index (χ3n) is 3.30. The van der Waals surface area contributed by atoms with Gasteiger partial charge in [-0.05, 0) is 19.3 Å². The predicted molar refractivity (Wildman–Crippen MR) is 67.1 cm³/mol. The van der Waals surface area contributed by atoms with Gasteiger partial charge in [-0.25, -0.2) is 0 Å². The average molecular weight is 244 g/mol. The topological polar surface area (TPSA) is 55.6 Å². The standard InChI is InChI=1S/C11H20N2O2S/c1-7-4-5-13(6-9(7)15-3)11(14)8(2)10(12)16/h7-9H,4-6H2,1-3H3,(H2,12,16). The van der Waals surface area contributed by atoms with Crippen LogP contribution in [0.2, 0.25) is 0 Å². The quantitative estimate of drug-likeness (QED) is 0.746. The molecule has 92 valence electrons. The highest BCUT2D eigenvalue weighted by Crippen LogP contribution is 2.20. The van der Waals surface area contributed by atoms with Crippen LogP contribution in [0.15, 0.2) is 0 Å². The largest absolute Gasteiger partial charge is 0.393 e. The van der Waals surface area contributed by atoms with Gasteiger partial charge >= 0.3 is 0 Å². The number of nitrogens with zero attached hydrogens (tertiary/aromatic N) is 1. The van der Waals surface area contributed by atoms with Gasteiger partial charge in [-0.2, -0.15) is 0 Å². The lowest BCUT2D eigenvalue weighted by Gasteiger charge is -2.37. The maximum Gasteiger partial charge on any atom is 0.232 e. The van der Waals surface area contributed by atoms with Gasteiger partial charge < -0.3 is 15.4 Å². The smallest absolute Gasteiger partial charge is 0.232 e. The van der Waals surface area contributed by atoms with E-state index >= 15 is 0 Å². The molecule has 2 N–H and O–H groups in total. The van der Waals surface area contributed by atoms with Gasteiger partial charge in [-0.3, -0.25) is 4.79 Å². The van der Waals surface area contributed by atoms with Crippen LogP contribution in [0.3, 0.4) is 0 Å². The van der Waals surface area contributed by atoms with Crippen LogP contribution in [-0.4, -0.2) is 42.1 Å². The van der Waals surface area contributed by atoms with Crippen LogP contribution < -0.4 is 5.73 Å². The zero-order chi connectivity index (χ0) is 12.3. The minimum Gasteiger partial charge on any atom is -0.393 e. The van der Waals surface area contributed by atoms with Gasteiger partial charge in [0.2, 0.25) is 5.91 Å². The van der Waals surface area contributed by atoms with Crippen molar-refractivity contribution in [2.24, 2.45) is 17.6 Å². The monoisotopic (exact) mass is 244 g/mol. The Morgan fingerprint density at radius 2 is 2.25 bits per heavy atom. The van der Waals surface area contributed by atoms with E-state index in [0.29, 0.717) is 12.5 Å². The molecular weight excluding hydrogens is 224 g/mol. The van der Waals surface area contributed by atoms with E-state index in [-0.39, 0.29) is 22.9 Å². The Balaban J connectivity index is 2.61. The fourth-order valence-corrected chi connectivity index (χ4v) is 2.04. The maximum atomic E-state index is 12.0. The van der Waals surface area contributed by atoms with Gasteiger partial charge in [0.05, 0.1) is 17.0 Å². The number of hydrogen-bond acceptors (Lipinski definition) is 3. The molecule has 0 aromatic heterocycles. The second-order valence-electron chi connectivity index (χ2n) is 4.45.